The minimum atomic E-state index is -0.517. The molecular formula is C16H19NO3. The molecule has 1 aromatic carbocycles. The number of rotatable bonds is 6. The molecule has 20 heavy (non-hydrogen) atoms. The molecule has 1 aliphatic carbocycles. The van der Waals surface area contributed by atoms with Crippen molar-refractivity contribution in [2.24, 2.45) is 5.92 Å². The van der Waals surface area contributed by atoms with Gasteiger partial charge in [-0.05, 0) is 42.9 Å². The maximum Gasteiger partial charge on any atom is 0.316 e. The first-order valence-corrected chi connectivity index (χ1v) is 6.79. The molecule has 1 aliphatic rings. The van der Waals surface area contributed by atoms with Gasteiger partial charge in [0.05, 0.1) is 25.7 Å². The third-order valence-corrected chi connectivity index (χ3v) is 4.10. The molecule has 0 amide bonds. The second-order valence-corrected chi connectivity index (χ2v) is 5.14. The highest BCUT2D eigenvalue weighted by atomic mass is 16.5. The molecule has 0 bridgehead atoms. The van der Waals surface area contributed by atoms with Crippen molar-refractivity contribution in [2.45, 2.75) is 31.1 Å². The first-order valence-electron chi connectivity index (χ1n) is 6.79. The number of benzene rings is 1. The minimum absolute atomic E-state index is 0.176. The summed E-state index contributed by atoms with van der Waals surface area (Å²) in [5, 5.41) is 8.60. The van der Waals surface area contributed by atoms with E-state index < -0.39 is 5.41 Å². The Morgan fingerprint density at radius 2 is 2.10 bits per heavy atom. The monoisotopic (exact) mass is 273 g/mol. The second-order valence-electron chi connectivity index (χ2n) is 5.14. The smallest absolute Gasteiger partial charge is 0.316 e. The molecule has 0 N–H and O–H groups in total. The van der Waals surface area contributed by atoms with Crippen molar-refractivity contribution in [2.75, 3.05) is 14.2 Å². The summed E-state index contributed by atoms with van der Waals surface area (Å²) < 4.78 is 10.1. The third-order valence-electron chi connectivity index (χ3n) is 4.10. The van der Waals surface area contributed by atoms with Gasteiger partial charge >= 0.3 is 5.97 Å². The molecule has 0 spiro atoms. The van der Waals surface area contributed by atoms with Gasteiger partial charge in [-0.25, -0.2) is 0 Å². The van der Waals surface area contributed by atoms with E-state index in [0.29, 0.717) is 6.42 Å². The fraction of sp³-hybridized carbons (Fsp3) is 0.500. The van der Waals surface area contributed by atoms with E-state index in [0.717, 1.165) is 30.6 Å². The lowest BCUT2D eigenvalue weighted by molar-refractivity contribution is -0.144. The quantitative estimate of drug-likeness (QED) is 0.590. The normalized spacial score (nSPS) is 23.8. The Labute approximate surface area is 119 Å². The van der Waals surface area contributed by atoms with Crippen LogP contribution < -0.4 is 4.74 Å². The van der Waals surface area contributed by atoms with Gasteiger partial charge in [-0.3, -0.25) is 4.79 Å². The summed E-state index contributed by atoms with van der Waals surface area (Å²) >= 11 is 0. The van der Waals surface area contributed by atoms with Crippen LogP contribution in [0.5, 0.6) is 5.75 Å². The van der Waals surface area contributed by atoms with E-state index in [-0.39, 0.29) is 11.9 Å². The fourth-order valence-electron chi connectivity index (χ4n) is 2.90. The Kier molecular flexibility index (Phi) is 4.29. The molecule has 1 aromatic rings. The van der Waals surface area contributed by atoms with Crippen molar-refractivity contribution in [3.05, 3.63) is 29.8 Å². The molecule has 4 nitrogen and oxygen atoms in total. The average molecular weight is 273 g/mol. The summed E-state index contributed by atoms with van der Waals surface area (Å²) in [5.41, 5.74) is 0.461. The Morgan fingerprint density at radius 1 is 1.40 bits per heavy atom. The van der Waals surface area contributed by atoms with Crippen LogP contribution in [0.15, 0.2) is 24.3 Å². The Balaban J connectivity index is 2.17. The number of nitriles is 1. The molecule has 106 valence electrons. The van der Waals surface area contributed by atoms with Crippen LogP contribution in [0.4, 0.5) is 0 Å². The predicted octanol–water partition coefficient (Wildman–Crippen LogP) is 2.82. The first kappa shape index (κ1) is 14.4. The number of carbonyl (C=O) groups excluding carboxylic acids is 1. The lowest BCUT2D eigenvalue weighted by Crippen LogP contribution is -2.24. The van der Waals surface area contributed by atoms with Gasteiger partial charge in [0.15, 0.2) is 0 Å². The highest BCUT2D eigenvalue weighted by Gasteiger charge is 2.61. The predicted molar refractivity (Wildman–Crippen MR) is 74.3 cm³/mol. The van der Waals surface area contributed by atoms with Crippen molar-refractivity contribution in [1.82, 2.24) is 0 Å². The Hall–Kier alpha value is -2.02. The topological polar surface area (TPSA) is 59.3 Å². The molecule has 4 heteroatoms. The van der Waals surface area contributed by atoms with Gasteiger partial charge in [-0.15, -0.1) is 0 Å². The largest absolute Gasteiger partial charge is 0.497 e. The van der Waals surface area contributed by atoms with Crippen LogP contribution in [0, 0.1) is 17.2 Å². The molecular weight excluding hydrogens is 254 g/mol. The van der Waals surface area contributed by atoms with Crippen LogP contribution in [-0.4, -0.2) is 20.2 Å². The van der Waals surface area contributed by atoms with Gasteiger partial charge in [-0.1, -0.05) is 12.1 Å². The second kappa shape index (κ2) is 5.96. The van der Waals surface area contributed by atoms with Gasteiger partial charge in [0.2, 0.25) is 0 Å². The van der Waals surface area contributed by atoms with Crippen molar-refractivity contribution in [3.8, 4) is 11.8 Å². The standard InChI is InChI=1S/C16H19NO3/c1-19-14-8-6-12(7-9-14)16(15(18)20-2)11-13(16)5-3-4-10-17/h6-9,13H,3-5,11H2,1-2H3/t13-,16-/m0/s1. The SMILES string of the molecule is COC(=O)[C@]1(c2ccc(OC)cc2)C[C@@H]1CCCC#N. The molecule has 0 unspecified atom stereocenters. The molecule has 1 fully saturated rings. The maximum absolute atomic E-state index is 12.2. The van der Waals surface area contributed by atoms with Crippen LogP contribution in [0.25, 0.3) is 0 Å². The number of hydrogen-bond donors (Lipinski definition) is 0. The Bertz CT molecular complexity index is 518. The van der Waals surface area contributed by atoms with Crippen LogP contribution in [0.2, 0.25) is 0 Å². The summed E-state index contributed by atoms with van der Waals surface area (Å²) in [5.74, 6) is 0.872. The first-order chi connectivity index (χ1) is 9.68. The van der Waals surface area contributed by atoms with Gasteiger partial charge in [-0.2, -0.15) is 5.26 Å². The van der Waals surface area contributed by atoms with Crippen molar-refractivity contribution in [1.29, 1.82) is 5.26 Å². The summed E-state index contributed by atoms with van der Waals surface area (Å²) in [6.45, 7) is 0. The third kappa shape index (κ3) is 2.49. The number of ether oxygens (including phenoxy) is 2. The van der Waals surface area contributed by atoms with Crippen LogP contribution in [0.3, 0.4) is 0 Å². The van der Waals surface area contributed by atoms with E-state index >= 15 is 0 Å². The van der Waals surface area contributed by atoms with Gasteiger partial charge in [0.25, 0.3) is 0 Å². The van der Waals surface area contributed by atoms with E-state index in [1.54, 1.807) is 7.11 Å². The molecule has 0 heterocycles. The van der Waals surface area contributed by atoms with E-state index in [2.05, 4.69) is 6.07 Å². The van der Waals surface area contributed by atoms with E-state index in [4.69, 9.17) is 14.7 Å². The van der Waals surface area contributed by atoms with E-state index in [1.807, 2.05) is 24.3 Å². The molecule has 0 radical (unpaired) electrons. The summed E-state index contributed by atoms with van der Waals surface area (Å²) in [4.78, 5) is 12.2. The van der Waals surface area contributed by atoms with E-state index in [1.165, 1.54) is 7.11 Å². The zero-order valence-electron chi connectivity index (χ0n) is 11.9. The number of unbranched alkanes of at least 4 members (excludes halogenated alkanes) is 1. The highest BCUT2D eigenvalue weighted by Crippen LogP contribution is 2.57. The van der Waals surface area contributed by atoms with Crippen LogP contribution in [-0.2, 0) is 14.9 Å². The summed E-state index contributed by atoms with van der Waals surface area (Å²) in [6.07, 6.45) is 3.05. The van der Waals surface area contributed by atoms with Crippen molar-refractivity contribution >= 4 is 5.97 Å². The molecule has 1 saturated carbocycles. The molecule has 2 rings (SSSR count). The number of carbonyl (C=O) groups is 1. The van der Waals surface area contributed by atoms with Crippen LogP contribution >= 0.6 is 0 Å². The zero-order chi connectivity index (χ0) is 14.6. The fourth-order valence-corrected chi connectivity index (χ4v) is 2.90. The molecule has 2 atom stereocenters. The lowest BCUT2D eigenvalue weighted by Gasteiger charge is -2.16. The zero-order valence-corrected chi connectivity index (χ0v) is 11.9. The summed E-state index contributed by atoms with van der Waals surface area (Å²) in [7, 11) is 3.05. The maximum atomic E-state index is 12.2. The summed E-state index contributed by atoms with van der Waals surface area (Å²) in [6, 6.07) is 9.74. The molecule has 0 saturated heterocycles. The molecule has 0 aromatic heterocycles. The van der Waals surface area contributed by atoms with Gasteiger partial charge in [0, 0.05) is 6.42 Å². The van der Waals surface area contributed by atoms with Gasteiger partial charge in [0.1, 0.15) is 5.75 Å². The van der Waals surface area contributed by atoms with Crippen molar-refractivity contribution in [3.63, 3.8) is 0 Å². The number of nitrogens with zero attached hydrogens (tertiary/aromatic N) is 1. The highest BCUT2D eigenvalue weighted by molar-refractivity contribution is 5.87. The minimum Gasteiger partial charge on any atom is -0.497 e. The lowest BCUT2D eigenvalue weighted by atomic mass is 9.91. The van der Waals surface area contributed by atoms with E-state index in [9.17, 15) is 4.79 Å². The number of methoxy groups -OCH3 is 2. The Morgan fingerprint density at radius 3 is 2.65 bits per heavy atom. The average Bonchev–Trinajstić information content (AvgIpc) is 3.22. The molecule has 0 aliphatic heterocycles. The number of hydrogen-bond acceptors (Lipinski definition) is 4. The number of esters is 1. The van der Waals surface area contributed by atoms with Crippen LogP contribution in [0.1, 0.15) is 31.2 Å². The van der Waals surface area contributed by atoms with Gasteiger partial charge < -0.3 is 9.47 Å². The van der Waals surface area contributed by atoms with Crippen molar-refractivity contribution < 1.29 is 14.3 Å².